The number of halogens is 1. The van der Waals surface area contributed by atoms with Gasteiger partial charge in [-0.3, -0.25) is 9.69 Å². The number of nitrogens with one attached hydrogen (secondary N) is 2. The van der Waals surface area contributed by atoms with E-state index in [0.29, 0.717) is 29.8 Å². The molecule has 8 nitrogen and oxygen atoms in total. The number of alkyl carbamates (subject to hydrolysis) is 1. The van der Waals surface area contributed by atoms with Crippen LogP contribution in [0.5, 0.6) is 0 Å². The molecule has 32 heavy (non-hydrogen) atoms. The van der Waals surface area contributed by atoms with Crippen molar-refractivity contribution in [2.75, 3.05) is 14.1 Å². The molecule has 4 N–H and O–H groups in total. The molecule has 0 spiro atoms. The molecule has 0 radical (unpaired) electrons. The number of benzene rings is 1. The normalized spacial score (nSPS) is 23.3. The van der Waals surface area contributed by atoms with Crippen LogP contribution in [0.4, 0.5) is 4.79 Å². The predicted octanol–water partition coefficient (Wildman–Crippen LogP) is 2.82. The van der Waals surface area contributed by atoms with E-state index in [1.807, 2.05) is 0 Å². The van der Waals surface area contributed by atoms with Gasteiger partial charge in [-0.25, -0.2) is 4.79 Å². The molecule has 1 saturated carbocycles. The summed E-state index contributed by atoms with van der Waals surface area (Å²) in [6.07, 6.45) is -0.527. The summed E-state index contributed by atoms with van der Waals surface area (Å²) in [7, 11) is 3.60. The Morgan fingerprint density at radius 1 is 1.12 bits per heavy atom. The Labute approximate surface area is 195 Å². The van der Waals surface area contributed by atoms with E-state index in [4.69, 9.17) is 16.3 Å². The average Bonchev–Trinajstić information content (AvgIpc) is 2.67. The number of ether oxygens (including phenoxy) is 1. The van der Waals surface area contributed by atoms with Crippen molar-refractivity contribution in [1.82, 2.24) is 15.5 Å². The molecule has 1 aromatic carbocycles. The van der Waals surface area contributed by atoms with Crippen LogP contribution in [0.15, 0.2) is 24.3 Å². The number of nitrogens with zero attached hydrogens (tertiary/aromatic N) is 1. The van der Waals surface area contributed by atoms with Gasteiger partial charge >= 0.3 is 6.09 Å². The molecule has 5 atom stereocenters. The van der Waals surface area contributed by atoms with Crippen molar-refractivity contribution >= 4 is 23.6 Å². The van der Waals surface area contributed by atoms with Crippen molar-refractivity contribution in [2.45, 2.75) is 76.5 Å². The van der Waals surface area contributed by atoms with E-state index in [0.717, 1.165) is 0 Å². The fourth-order valence-electron chi connectivity index (χ4n) is 3.93. The molecule has 2 rings (SSSR count). The first kappa shape index (κ1) is 26.4. The summed E-state index contributed by atoms with van der Waals surface area (Å²) in [6.45, 7) is 5.34. The minimum Gasteiger partial charge on any atom is -0.444 e. The van der Waals surface area contributed by atoms with Crippen molar-refractivity contribution in [3.63, 3.8) is 0 Å². The SMILES string of the molecule is CN(C)C(O)[C@H]1CC[C@H](NC(=O)CC(O)c2ccc(Cl)cc2)[C@H](NC(=O)OC(C)(C)C)C1. The third kappa shape index (κ3) is 8.24. The maximum Gasteiger partial charge on any atom is 0.407 e. The number of carbonyl (C=O) groups excluding carboxylic acids is 2. The monoisotopic (exact) mass is 469 g/mol. The molecule has 2 unspecified atom stereocenters. The van der Waals surface area contributed by atoms with Crippen molar-refractivity contribution in [1.29, 1.82) is 0 Å². The summed E-state index contributed by atoms with van der Waals surface area (Å²) in [5, 5.41) is 27.2. The molecule has 0 aromatic heterocycles. The van der Waals surface area contributed by atoms with Crippen LogP contribution in [0.1, 0.15) is 58.1 Å². The number of rotatable bonds is 7. The van der Waals surface area contributed by atoms with Crippen LogP contribution in [-0.2, 0) is 9.53 Å². The van der Waals surface area contributed by atoms with Crippen LogP contribution in [0.25, 0.3) is 0 Å². The highest BCUT2D eigenvalue weighted by atomic mass is 35.5. The molecule has 9 heteroatoms. The third-order valence-electron chi connectivity index (χ3n) is 5.52. The standard InChI is InChI=1S/C23H36ClN3O5/c1-23(2,3)32-22(31)26-18-12-15(21(30)27(4)5)8-11-17(18)25-20(29)13-19(28)14-6-9-16(24)10-7-14/h6-7,9-10,15,17-19,21,28,30H,8,11-13H2,1-5H3,(H,25,29)(H,26,31)/t15-,17-,18+,19?,21?/m0/s1. The second-order valence-corrected chi connectivity index (χ2v) is 10.1. The van der Waals surface area contributed by atoms with Gasteiger partial charge in [0.2, 0.25) is 5.91 Å². The largest absolute Gasteiger partial charge is 0.444 e. The lowest BCUT2D eigenvalue weighted by molar-refractivity contribution is -0.124. The summed E-state index contributed by atoms with van der Waals surface area (Å²) >= 11 is 5.88. The number of hydrogen-bond acceptors (Lipinski definition) is 6. The molecule has 0 heterocycles. The maximum absolute atomic E-state index is 12.6. The minimum atomic E-state index is -0.962. The summed E-state index contributed by atoms with van der Waals surface area (Å²) in [6, 6.07) is 5.95. The smallest absolute Gasteiger partial charge is 0.407 e. The van der Waals surface area contributed by atoms with E-state index in [9.17, 15) is 19.8 Å². The Morgan fingerprint density at radius 3 is 2.31 bits per heavy atom. The highest BCUT2D eigenvalue weighted by Crippen LogP contribution is 2.29. The minimum absolute atomic E-state index is 0.0576. The van der Waals surface area contributed by atoms with E-state index in [1.54, 1.807) is 64.0 Å². The lowest BCUT2D eigenvalue weighted by atomic mass is 9.81. The van der Waals surface area contributed by atoms with Gasteiger partial charge in [0.1, 0.15) is 11.8 Å². The molecule has 1 fully saturated rings. The highest BCUT2D eigenvalue weighted by molar-refractivity contribution is 6.30. The van der Waals surface area contributed by atoms with E-state index in [-0.39, 0.29) is 24.3 Å². The molecule has 1 aliphatic rings. The van der Waals surface area contributed by atoms with Crippen molar-refractivity contribution in [2.24, 2.45) is 5.92 Å². The molecule has 1 aliphatic carbocycles. The van der Waals surface area contributed by atoms with Crippen LogP contribution in [0.3, 0.4) is 0 Å². The van der Waals surface area contributed by atoms with Crippen LogP contribution in [-0.4, -0.2) is 65.1 Å². The topological polar surface area (TPSA) is 111 Å². The van der Waals surface area contributed by atoms with Gasteiger partial charge in [-0.05, 0) is 71.8 Å². The Kier molecular flexibility index (Phi) is 9.33. The second kappa shape index (κ2) is 11.3. The van der Waals surface area contributed by atoms with Crippen LogP contribution < -0.4 is 10.6 Å². The van der Waals surface area contributed by atoms with E-state index < -0.39 is 30.1 Å². The predicted molar refractivity (Wildman–Crippen MR) is 123 cm³/mol. The van der Waals surface area contributed by atoms with Gasteiger partial charge in [0.15, 0.2) is 0 Å². The van der Waals surface area contributed by atoms with E-state index >= 15 is 0 Å². The Bertz CT molecular complexity index is 766. The zero-order chi connectivity index (χ0) is 24.1. The molecular weight excluding hydrogens is 434 g/mol. The quantitative estimate of drug-likeness (QED) is 0.457. The molecule has 0 saturated heterocycles. The van der Waals surface area contributed by atoms with Crippen molar-refractivity contribution in [3.05, 3.63) is 34.9 Å². The fraction of sp³-hybridized carbons (Fsp3) is 0.652. The summed E-state index contributed by atoms with van der Waals surface area (Å²) in [5.41, 5.74) is -0.0475. The zero-order valence-corrected chi connectivity index (χ0v) is 20.2. The lowest BCUT2D eigenvalue weighted by Crippen LogP contribution is -2.57. The van der Waals surface area contributed by atoms with Crippen LogP contribution in [0.2, 0.25) is 5.02 Å². The summed E-state index contributed by atoms with van der Waals surface area (Å²) in [4.78, 5) is 26.8. The summed E-state index contributed by atoms with van der Waals surface area (Å²) < 4.78 is 5.38. The van der Waals surface area contributed by atoms with E-state index in [1.165, 1.54) is 0 Å². The van der Waals surface area contributed by atoms with Gasteiger partial charge in [-0.1, -0.05) is 23.7 Å². The van der Waals surface area contributed by atoms with Crippen molar-refractivity contribution < 1.29 is 24.5 Å². The van der Waals surface area contributed by atoms with Gasteiger partial charge in [0.05, 0.1) is 18.6 Å². The second-order valence-electron chi connectivity index (χ2n) is 9.65. The zero-order valence-electron chi connectivity index (χ0n) is 19.5. The molecule has 0 aliphatic heterocycles. The first-order chi connectivity index (χ1) is 14.9. The number of amides is 2. The highest BCUT2D eigenvalue weighted by Gasteiger charge is 2.37. The van der Waals surface area contributed by atoms with Crippen molar-refractivity contribution in [3.8, 4) is 0 Å². The Hall–Kier alpha value is -1.87. The van der Waals surface area contributed by atoms with Gasteiger partial charge in [0, 0.05) is 17.0 Å². The summed E-state index contributed by atoms with van der Waals surface area (Å²) in [5.74, 6) is -0.377. The molecule has 1 aromatic rings. The van der Waals surface area contributed by atoms with Crippen LogP contribution in [0, 0.1) is 5.92 Å². The fourth-order valence-corrected chi connectivity index (χ4v) is 4.06. The maximum atomic E-state index is 12.6. The molecule has 2 amide bonds. The number of hydrogen-bond donors (Lipinski definition) is 4. The lowest BCUT2D eigenvalue weighted by Gasteiger charge is -2.40. The first-order valence-corrected chi connectivity index (χ1v) is 11.3. The Balaban J connectivity index is 2.04. The van der Waals surface area contributed by atoms with Gasteiger partial charge in [0.25, 0.3) is 0 Å². The number of aliphatic hydroxyl groups excluding tert-OH is 2. The first-order valence-electron chi connectivity index (χ1n) is 10.9. The number of aliphatic hydroxyl groups is 2. The van der Waals surface area contributed by atoms with E-state index in [2.05, 4.69) is 10.6 Å². The molecule has 180 valence electrons. The average molecular weight is 470 g/mol. The third-order valence-corrected chi connectivity index (χ3v) is 5.78. The van der Waals surface area contributed by atoms with Gasteiger partial charge in [-0.2, -0.15) is 0 Å². The molecule has 0 bridgehead atoms. The Morgan fingerprint density at radius 2 is 1.75 bits per heavy atom. The number of carbonyl (C=O) groups is 2. The molecular formula is C23H36ClN3O5. The van der Waals surface area contributed by atoms with Gasteiger partial charge in [-0.15, -0.1) is 0 Å². The van der Waals surface area contributed by atoms with Gasteiger partial charge < -0.3 is 25.6 Å². The van der Waals surface area contributed by atoms with Crippen LogP contribution >= 0.6 is 11.6 Å².